The Morgan fingerprint density at radius 3 is 2.46 bits per heavy atom. The summed E-state index contributed by atoms with van der Waals surface area (Å²) < 4.78 is 42.4. The number of piperazine rings is 1. The maximum Gasteiger partial charge on any atom is 0.410 e. The molecule has 1 fully saturated rings. The van der Waals surface area contributed by atoms with Gasteiger partial charge in [-0.2, -0.15) is 13.2 Å². The second kappa shape index (κ2) is 7.52. The molecule has 1 aromatic carbocycles. The van der Waals surface area contributed by atoms with Crippen LogP contribution in [-0.4, -0.2) is 65.4 Å². The SMILES string of the molecule is O=C(O)C1CN(CC(F)(F)F)CCN1C(=O)OCc1ccccc1. The maximum atomic E-state index is 12.4. The number of alkyl halides is 3. The van der Waals surface area contributed by atoms with Gasteiger partial charge in [0.1, 0.15) is 12.6 Å². The van der Waals surface area contributed by atoms with Gasteiger partial charge in [-0.1, -0.05) is 30.3 Å². The van der Waals surface area contributed by atoms with Crippen LogP contribution in [-0.2, 0) is 16.1 Å². The zero-order chi connectivity index (χ0) is 17.7. The standard InChI is InChI=1S/C15H17F3N2O4/c16-15(17,18)10-19-6-7-20(12(8-19)13(21)22)14(23)24-9-11-4-2-1-3-5-11/h1-5,12H,6-10H2,(H,21,22). The predicted molar refractivity (Wildman–Crippen MR) is 77.3 cm³/mol. The van der Waals surface area contributed by atoms with Crippen LogP contribution in [0.5, 0.6) is 0 Å². The van der Waals surface area contributed by atoms with E-state index >= 15 is 0 Å². The molecular formula is C15H17F3N2O4. The topological polar surface area (TPSA) is 70.1 Å². The Labute approximate surface area is 136 Å². The summed E-state index contributed by atoms with van der Waals surface area (Å²) in [6, 6.07) is 7.43. The molecule has 132 valence electrons. The normalized spacial score (nSPS) is 19.1. The average Bonchev–Trinajstić information content (AvgIpc) is 2.52. The first-order valence-corrected chi connectivity index (χ1v) is 7.25. The third kappa shape index (κ3) is 5.12. The summed E-state index contributed by atoms with van der Waals surface area (Å²) in [5.74, 6) is -1.36. The van der Waals surface area contributed by atoms with Crippen LogP contribution in [0.4, 0.5) is 18.0 Å². The quantitative estimate of drug-likeness (QED) is 0.902. The first-order chi connectivity index (χ1) is 11.3. The molecule has 1 aliphatic heterocycles. The Bertz CT molecular complexity index is 580. The van der Waals surface area contributed by atoms with Crippen LogP contribution in [0.1, 0.15) is 5.56 Å². The third-order valence-electron chi connectivity index (χ3n) is 3.59. The van der Waals surface area contributed by atoms with Gasteiger partial charge in [0.15, 0.2) is 0 Å². The van der Waals surface area contributed by atoms with Crippen molar-refractivity contribution >= 4 is 12.1 Å². The Hall–Kier alpha value is -2.29. The van der Waals surface area contributed by atoms with Crippen LogP contribution in [0.25, 0.3) is 0 Å². The number of nitrogens with zero attached hydrogens (tertiary/aromatic N) is 2. The van der Waals surface area contributed by atoms with Crippen molar-refractivity contribution in [1.82, 2.24) is 9.80 Å². The van der Waals surface area contributed by atoms with Gasteiger partial charge in [-0.05, 0) is 5.56 Å². The molecule has 0 radical (unpaired) electrons. The van der Waals surface area contributed by atoms with Crippen molar-refractivity contribution in [3.05, 3.63) is 35.9 Å². The van der Waals surface area contributed by atoms with Crippen molar-refractivity contribution < 1.29 is 32.6 Å². The molecule has 1 atom stereocenters. The van der Waals surface area contributed by atoms with Crippen LogP contribution in [0.3, 0.4) is 0 Å². The van der Waals surface area contributed by atoms with Crippen molar-refractivity contribution in [3.63, 3.8) is 0 Å². The monoisotopic (exact) mass is 346 g/mol. The van der Waals surface area contributed by atoms with Gasteiger partial charge in [0.2, 0.25) is 0 Å². The fourth-order valence-corrected chi connectivity index (χ4v) is 2.47. The van der Waals surface area contributed by atoms with E-state index in [-0.39, 0.29) is 19.7 Å². The highest BCUT2D eigenvalue weighted by molar-refractivity contribution is 5.80. The average molecular weight is 346 g/mol. The Morgan fingerprint density at radius 2 is 1.88 bits per heavy atom. The van der Waals surface area contributed by atoms with Crippen LogP contribution in [0.15, 0.2) is 30.3 Å². The lowest BCUT2D eigenvalue weighted by Crippen LogP contribution is -2.59. The Morgan fingerprint density at radius 1 is 1.21 bits per heavy atom. The van der Waals surface area contributed by atoms with Crippen LogP contribution in [0.2, 0.25) is 0 Å². The van der Waals surface area contributed by atoms with Crippen LogP contribution >= 0.6 is 0 Å². The summed E-state index contributed by atoms with van der Waals surface area (Å²) in [7, 11) is 0. The van der Waals surface area contributed by atoms with Gasteiger partial charge in [0.25, 0.3) is 0 Å². The maximum absolute atomic E-state index is 12.4. The van der Waals surface area contributed by atoms with E-state index in [2.05, 4.69) is 0 Å². The van der Waals surface area contributed by atoms with E-state index in [9.17, 15) is 27.9 Å². The minimum absolute atomic E-state index is 0.0330. The van der Waals surface area contributed by atoms with E-state index in [1.807, 2.05) is 0 Å². The van der Waals surface area contributed by atoms with Crippen molar-refractivity contribution in [2.24, 2.45) is 0 Å². The highest BCUT2D eigenvalue weighted by Crippen LogP contribution is 2.20. The van der Waals surface area contributed by atoms with E-state index in [0.29, 0.717) is 0 Å². The molecule has 2 rings (SSSR count). The zero-order valence-electron chi connectivity index (χ0n) is 12.7. The molecule has 1 saturated heterocycles. The van der Waals surface area contributed by atoms with Crippen molar-refractivity contribution in [2.45, 2.75) is 18.8 Å². The lowest BCUT2D eigenvalue weighted by atomic mass is 10.2. The zero-order valence-corrected chi connectivity index (χ0v) is 12.7. The smallest absolute Gasteiger partial charge is 0.410 e. The summed E-state index contributed by atoms with van der Waals surface area (Å²) in [6.45, 7) is -1.84. The first-order valence-electron chi connectivity index (χ1n) is 7.25. The fourth-order valence-electron chi connectivity index (χ4n) is 2.47. The first kappa shape index (κ1) is 18.1. The molecule has 1 amide bonds. The number of aliphatic carboxylic acids is 1. The summed E-state index contributed by atoms with van der Waals surface area (Å²) in [5.41, 5.74) is 0.730. The van der Waals surface area contributed by atoms with E-state index in [1.54, 1.807) is 30.3 Å². The number of hydrogen-bond acceptors (Lipinski definition) is 4. The molecule has 24 heavy (non-hydrogen) atoms. The molecule has 1 aromatic rings. The molecular weight excluding hydrogens is 329 g/mol. The fraction of sp³-hybridized carbons (Fsp3) is 0.467. The van der Waals surface area contributed by atoms with Gasteiger partial charge in [-0.25, -0.2) is 9.59 Å². The predicted octanol–water partition coefficient (Wildman–Crippen LogP) is 1.96. The summed E-state index contributed by atoms with van der Waals surface area (Å²) in [4.78, 5) is 25.3. The number of amides is 1. The molecule has 1 N–H and O–H groups in total. The van der Waals surface area contributed by atoms with E-state index in [0.717, 1.165) is 15.4 Å². The lowest BCUT2D eigenvalue weighted by Gasteiger charge is -2.38. The largest absolute Gasteiger partial charge is 0.480 e. The second-order valence-electron chi connectivity index (χ2n) is 5.44. The number of halogens is 3. The van der Waals surface area contributed by atoms with Crippen LogP contribution < -0.4 is 0 Å². The molecule has 1 aliphatic rings. The second-order valence-corrected chi connectivity index (χ2v) is 5.44. The summed E-state index contributed by atoms with van der Waals surface area (Å²) >= 11 is 0. The van der Waals surface area contributed by atoms with Gasteiger partial charge >= 0.3 is 18.2 Å². The molecule has 0 saturated carbocycles. The molecule has 1 unspecified atom stereocenters. The number of hydrogen-bond donors (Lipinski definition) is 1. The Kier molecular flexibility index (Phi) is 5.66. The van der Waals surface area contributed by atoms with Gasteiger partial charge in [0, 0.05) is 19.6 Å². The molecule has 1 heterocycles. The minimum atomic E-state index is -4.42. The molecule has 0 aromatic heterocycles. The van der Waals surface area contributed by atoms with Crippen molar-refractivity contribution in [1.29, 1.82) is 0 Å². The van der Waals surface area contributed by atoms with Crippen LogP contribution in [0, 0.1) is 0 Å². The van der Waals surface area contributed by atoms with E-state index < -0.39 is 37.4 Å². The van der Waals surface area contributed by atoms with Gasteiger partial charge < -0.3 is 9.84 Å². The third-order valence-corrected chi connectivity index (χ3v) is 3.59. The molecule has 0 spiro atoms. The molecule has 0 bridgehead atoms. The highest BCUT2D eigenvalue weighted by Gasteiger charge is 2.40. The number of ether oxygens (including phenoxy) is 1. The van der Waals surface area contributed by atoms with Gasteiger partial charge in [-0.3, -0.25) is 9.80 Å². The number of carboxylic acids is 1. The number of carbonyl (C=O) groups is 2. The minimum Gasteiger partial charge on any atom is -0.480 e. The molecule has 9 heteroatoms. The van der Waals surface area contributed by atoms with Gasteiger partial charge in [0.05, 0.1) is 6.54 Å². The molecule has 6 nitrogen and oxygen atoms in total. The number of benzene rings is 1. The van der Waals surface area contributed by atoms with Crippen molar-refractivity contribution in [3.8, 4) is 0 Å². The number of carboxylic acid groups (broad SMARTS) is 1. The van der Waals surface area contributed by atoms with E-state index in [1.165, 1.54) is 0 Å². The van der Waals surface area contributed by atoms with Gasteiger partial charge in [-0.15, -0.1) is 0 Å². The summed E-state index contributed by atoms with van der Waals surface area (Å²) in [5, 5.41) is 9.20. The lowest BCUT2D eigenvalue weighted by molar-refractivity contribution is -0.159. The van der Waals surface area contributed by atoms with E-state index in [4.69, 9.17) is 4.74 Å². The van der Waals surface area contributed by atoms with Crippen molar-refractivity contribution in [2.75, 3.05) is 26.2 Å². The molecule has 0 aliphatic carbocycles. The number of rotatable bonds is 4. The Balaban J connectivity index is 1.96. The number of carbonyl (C=O) groups excluding carboxylic acids is 1. The highest BCUT2D eigenvalue weighted by atomic mass is 19.4. The summed E-state index contributed by atoms with van der Waals surface area (Å²) in [6.07, 6.45) is -5.27.